The van der Waals surface area contributed by atoms with Gasteiger partial charge in [-0.2, -0.15) is 0 Å². The Morgan fingerprint density at radius 1 is 0.266 bits per heavy atom. The van der Waals surface area contributed by atoms with Gasteiger partial charge in [0.2, 0.25) is 0 Å². The molecule has 0 heterocycles. The molecule has 0 aliphatic heterocycles. The fraction of sp³-hybridized carbons (Fsp3) is 0.822. The molecule has 0 amide bonds. The fourth-order valence-electron chi connectivity index (χ4n) is 10.4. The van der Waals surface area contributed by atoms with Crippen LogP contribution >= 0.6 is 0 Å². The number of hydrogen-bond donors (Lipinski definition) is 0. The summed E-state index contributed by atoms with van der Waals surface area (Å²) in [4.78, 5) is 38.1. The lowest BCUT2D eigenvalue weighted by molar-refractivity contribution is -0.166. The van der Waals surface area contributed by atoms with Crippen molar-refractivity contribution >= 4 is 17.9 Å². The Morgan fingerprint density at radius 2 is 0.481 bits per heavy atom. The second kappa shape index (κ2) is 67.6. The maximum Gasteiger partial charge on any atom is 0.310 e. The summed E-state index contributed by atoms with van der Waals surface area (Å²) in [6, 6.07) is 0. The first-order valence-electron chi connectivity index (χ1n) is 34.8. The van der Waals surface area contributed by atoms with Crippen LogP contribution < -0.4 is 0 Å². The highest BCUT2D eigenvalue weighted by molar-refractivity contribution is 5.72. The zero-order chi connectivity index (χ0) is 57.1. The number of unbranched alkanes of at least 4 members (excludes halogenated alkanes) is 44. The van der Waals surface area contributed by atoms with Crippen molar-refractivity contribution in [2.24, 2.45) is 0 Å². The van der Waals surface area contributed by atoms with E-state index in [1.165, 1.54) is 257 Å². The quantitative estimate of drug-likeness (QED) is 0.0261. The van der Waals surface area contributed by atoms with Gasteiger partial charge < -0.3 is 14.2 Å². The molecule has 0 aliphatic rings. The highest BCUT2D eigenvalue weighted by atomic mass is 16.6. The largest absolute Gasteiger partial charge is 0.462 e. The van der Waals surface area contributed by atoms with Crippen LogP contribution in [0.25, 0.3) is 0 Å². The standard InChI is InChI=1S/C73H132O6/c1-4-7-10-13-16-19-22-24-26-27-28-29-30-31-32-33-34-35-36-37-38-39-40-41-42-43-44-45-47-48-51-54-57-60-63-66-72(75)78-69-70(68-77-71(74)65-62-59-56-53-50-21-18-15-12-9-6-3)79-73(76)67-64-61-58-55-52-49-46-25-23-20-17-14-11-8-5-2/h8,11,17,20,25,46,52,55,61,64,70H,4-7,9-10,12-16,18-19,21-24,26-45,47-51,53-54,56-60,62-63,65-69H2,1-3H3/b11-8-,20-17-,46-25-,55-52-,64-61-. The molecule has 0 aromatic carbocycles. The van der Waals surface area contributed by atoms with Crippen molar-refractivity contribution in [3.8, 4) is 0 Å². The molecule has 0 saturated carbocycles. The molecule has 6 heteroatoms. The summed E-state index contributed by atoms with van der Waals surface area (Å²) in [5.41, 5.74) is 0. The summed E-state index contributed by atoms with van der Waals surface area (Å²) in [5, 5.41) is 0. The van der Waals surface area contributed by atoms with E-state index >= 15 is 0 Å². The van der Waals surface area contributed by atoms with Crippen molar-refractivity contribution in [1.82, 2.24) is 0 Å². The molecular formula is C73H132O6. The molecule has 6 nitrogen and oxygen atoms in total. The second-order valence-electron chi connectivity index (χ2n) is 23.4. The molecule has 1 atom stereocenters. The number of carbonyl (C=O) groups is 3. The zero-order valence-electron chi connectivity index (χ0n) is 52.9. The minimum atomic E-state index is -0.826. The third kappa shape index (κ3) is 65.8. The molecule has 0 aromatic heterocycles. The van der Waals surface area contributed by atoms with Crippen molar-refractivity contribution in [3.05, 3.63) is 60.8 Å². The van der Waals surface area contributed by atoms with Gasteiger partial charge in [0.1, 0.15) is 13.2 Å². The van der Waals surface area contributed by atoms with E-state index in [1.54, 1.807) is 6.08 Å². The zero-order valence-corrected chi connectivity index (χ0v) is 52.9. The molecule has 0 fully saturated rings. The summed E-state index contributed by atoms with van der Waals surface area (Å²) in [5.74, 6) is -1.02. The Balaban J connectivity index is 4.05. The topological polar surface area (TPSA) is 78.9 Å². The van der Waals surface area contributed by atoms with Gasteiger partial charge in [-0.1, -0.05) is 364 Å². The maximum absolute atomic E-state index is 12.8. The molecule has 0 aromatic rings. The summed E-state index contributed by atoms with van der Waals surface area (Å²) in [7, 11) is 0. The molecule has 0 N–H and O–H groups in total. The highest BCUT2D eigenvalue weighted by Gasteiger charge is 2.19. The number of ether oxygens (including phenoxy) is 3. The van der Waals surface area contributed by atoms with Crippen LogP contribution in [0.15, 0.2) is 60.8 Å². The van der Waals surface area contributed by atoms with Crippen molar-refractivity contribution in [2.45, 2.75) is 374 Å². The van der Waals surface area contributed by atoms with Gasteiger partial charge in [-0.25, -0.2) is 0 Å². The Morgan fingerprint density at radius 3 is 0.722 bits per heavy atom. The third-order valence-corrected chi connectivity index (χ3v) is 15.6. The predicted molar refractivity (Wildman–Crippen MR) is 344 cm³/mol. The van der Waals surface area contributed by atoms with Crippen LogP contribution in [0.5, 0.6) is 0 Å². The first-order valence-corrected chi connectivity index (χ1v) is 34.8. The molecule has 0 rings (SSSR count). The van der Waals surface area contributed by atoms with Crippen LogP contribution in [0, 0.1) is 0 Å². The lowest BCUT2D eigenvalue weighted by atomic mass is 10.0. The SMILES string of the molecule is CC/C=C\C/C=C\C/C=C\C/C=C\C/C=C\CC(=O)OC(COC(=O)CCCCCCCCCCCCC)COC(=O)CCCCCCCCCCCCCCCCCCCCCCCCCCCCCCCCCCCCC. The molecule has 0 bridgehead atoms. The number of hydrogen-bond acceptors (Lipinski definition) is 6. The Hall–Kier alpha value is -2.89. The van der Waals surface area contributed by atoms with E-state index in [0.717, 1.165) is 70.6 Å². The maximum atomic E-state index is 12.8. The van der Waals surface area contributed by atoms with E-state index < -0.39 is 12.1 Å². The van der Waals surface area contributed by atoms with Crippen LogP contribution in [-0.2, 0) is 28.6 Å². The molecular weight excluding hydrogens is 973 g/mol. The van der Waals surface area contributed by atoms with Crippen molar-refractivity contribution < 1.29 is 28.6 Å². The van der Waals surface area contributed by atoms with Crippen molar-refractivity contribution in [3.63, 3.8) is 0 Å². The fourth-order valence-corrected chi connectivity index (χ4v) is 10.4. The van der Waals surface area contributed by atoms with E-state index in [1.807, 2.05) is 6.08 Å². The summed E-state index contributed by atoms with van der Waals surface area (Å²) in [6.45, 7) is 6.48. The summed E-state index contributed by atoms with van der Waals surface area (Å²) < 4.78 is 16.8. The average Bonchev–Trinajstić information content (AvgIpc) is 3.45. The van der Waals surface area contributed by atoms with E-state index in [9.17, 15) is 14.4 Å². The molecule has 1 unspecified atom stereocenters. The van der Waals surface area contributed by atoms with Crippen molar-refractivity contribution in [2.75, 3.05) is 13.2 Å². The van der Waals surface area contributed by atoms with Gasteiger partial charge in [-0.3, -0.25) is 14.4 Å². The van der Waals surface area contributed by atoms with Gasteiger partial charge in [0, 0.05) is 12.8 Å². The minimum absolute atomic E-state index is 0.102. The van der Waals surface area contributed by atoms with Gasteiger partial charge in [-0.15, -0.1) is 0 Å². The van der Waals surface area contributed by atoms with E-state index in [0.29, 0.717) is 12.8 Å². The molecule has 0 spiro atoms. The van der Waals surface area contributed by atoms with E-state index in [-0.39, 0.29) is 31.6 Å². The van der Waals surface area contributed by atoms with Gasteiger partial charge >= 0.3 is 17.9 Å². The Kier molecular flexibility index (Phi) is 65.1. The lowest BCUT2D eigenvalue weighted by Crippen LogP contribution is -2.30. The molecule has 0 saturated heterocycles. The predicted octanol–water partition coefficient (Wildman–Crippen LogP) is 23.9. The normalized spacial score (nSPS) is 12.4. The molecule has 0 aliphatic carbocycles. The first kappa shape index (κ1) is 76.1. The first-order chi connectivity index (χ1) is 39.0. The van der Waals surface area contributed by atoms with Crippen LogP contribution in [0.3, 0.4) is 0 Å². The van der Waals surface area contributed by atoms with Gasteiger partial charge in [0.15, 0.2) is 6.10 Å². The lowest BCUT2D eigenvalue weighted by Gasteiger charge is -2.18. The smallest absolute Gasteiger partial charge is 0.310 e. The van der Waals surface area contributed by atoms with Gasteiger partial charge in [0.25, 0.3) is 0 Å². The molecule has 460 valence electrons. The van der Waals surface area contributed by atoms with Crippen molar-refractivity contribution in [1.29, 1.82) is 0 Å². The molecule has 0 radical (unpaired) electrons. The number of esters is 3. The highest BCUT2D eigenvalue weighted by Crippen LogP contribution is 2.19. The number of rotatable bonds is 64. The van der Waals surface area contributed by atoms with E-state index in [2.05, 4.69) is 69.4 Å². The summed E-state index contributed by atoms with van der Waals surface area (Å²) in [6.07, 6.45) is 87.5. The van der Waals surface area contributed by atoms with Gasteiger partial charge in [-0.05, 0) is 44.9 Å². The Labute approximate surface area is 491 Å². The number of carbonyl (C=O) groups excluding carboxylic acids is 3. The minimum Gasteiger partial charge on any atom is -0.462 e. The summed E-state index contributed by atoms with van der Waals surface area (Å²) >= 11 is 0. The van der Waals surface area contributed by atoms with Crippen LogP contribution in [0.4, 0.5) is 0 Å². The van der Waals surface area contributed by atoms with Crippen LogP contribution in [0.2, 0.25) is 0 Å². The van der Waals surface area contributed by atoms with Gasteiger partial charge in [0.05, 0.1) is 6.42 Å². The monoisotopic (exact) mass is 1110 g/mol. The average molecular weight is 1110 g/mol. The van der Waals surface area contributed by atoms with Crippen LogP contribution in [0.1, 0.15) is 367 Å². The molecule has 79 heavy (non-hydrogen) atoms. The Bertz CT molecular complexity index is 1410. The second-order valence-corrected chi connectivity index (χ2v) is 23.4. The number of allylic oxidation sites excluding steroid dienone is 9. The third-order valence-electron chi connectivity index (χ3n) is 15.6. The van der Waals surface area contributed by atoms with Crippen LogP contribution in [-0.4, -0.2) is 37.2 Å². The van der Waals surface area contributed by atoms with E-state index in [4.69, 9.17) is 14.2 Å².